The van der Waals surface area contributed by atoms with Gasteiger partial charge in [-0.2, -0.15) is 0 Å². The fourth-order valence-electron chi connectivity index (χ4n) is 4.60. The summed E-state index contributed by atoms with van der Waals surface area (Å²) in [6.07, 6.45) is 7.55. The van der Waals surface area contributed by atoms with E-state index in [1.165, 1.54) is 40.8 Å². The van der Waals surface area contributed by atoms with Crippen LogP contribution >= 0.6 is 0 Å². The number of carbonyl (C=O) groups excluding carboxylic acids is 1. The van der Waals surface area contributed by atoms with Crippen LogP contribution in [0, 0.1) is 5.92 Å². The highest BCUT2D eigenvalue weighted by Gasteiger charge is 2.39. The molecular weight excluding hydrogens is 260 g/mol. The molecule has 0 radical (unpaired) electrons. The van der Waals surface area contributed by atoms with Gasteiger partial charge >= 0.3 is 0 Å². The van der Waals surface area contributed by atoms with E-state index in [-0.39, 0.29) is 0 Å². The third kappa shape index (κ3) is 1.88. The summed E-state index contributed by atoms with van der Waals surface area (Å²) in [4.78, 5) is 12.7. The van der Waals surface area contributed by atoms with E-state index in [1.807, 2.05) is 0 Å². The van der Waals surface area contributed by atoms with Crippen LogP contribution in [-0.4, -0.2) is 12.4 Å². The van der Waals surface area contributed by atoms with E-state index < -0.39 is 0 Å². The Bertz CT molecular complexity index is 613. The Kier molecular flexibility index (Phi) is 3.09. The standard InChI is InChI=1S/C19H24O2/c1-11(2)15-10-16(20)18-12-6-3-4-7-13(12)19-14(17(15)18)8-5-9-21-19/h11,15H,3-10H2,1-2H3. The highest BCUT2D eigenvalue weighted by Crippen LogP contribution is 2.49. The second kappa shape index (κ2) is 4.86. The van der Waals surface area contributed by atoms with Crippen molar-refractivity contribution in [3.63, 3.8) is 0 Å². The average Bonchev–Trinajstić information content (AvgIpc) is 2.86. The molecule has 0 fully saturated rings. The van der Waals surface area contributed by atoms with Crippen LogP contribution in [-0.2, 0) is 19.3 Å². The molecule has 1 aromatic carbocycles. The first-order chi connectivity index (χ1) is 10.2. The average molecular weight is 284 g/mol. The topological polar surface area (TPSA) is 26.3 Å². The van der Waals surface area contributed by atoms with Gasteiger partial charge in [0.15, 0.2) is 5.78 Å². The molecule has 0 saturated heterocycles. The quantitative estimate of drug-likeness (QED) is 0.772. The van der Waals surface area contributed by atoms with Crippen molar-refractivity contribution in [2.24, 2.45) is 5.92 Å². The Hall–Kier alpha value is -1.31. The van der Waals surface area contributed by atoms with Crippen molar-refractivity contribution in [2.75, 3.05) is 6.61 Å². The van der Waals surface area contributed by atoms with Gasteiger partial charge in [0.25, 0.3) is 0 Å². The maximum Gasteiger partial charge on any atom is 0.164 e. The first-order valence-electron chi connectivity index (χ1n) is 8.55. The number of hydrogen-bond donors (Lipinski definition) is 0. The first kappa shape index (κ1) is 13.4. The van der Waals surface area contributed by atoms with E-state index in [0.29, 0.717) is 17.6 Å². The number of benzene rings is 1. The van der Waals surface area contributed by atoms with Gasteiger partial charge in [0.1, 0.15) is 5.75 Å². The summed E-state index contributed by atoms with van der Waals surface area (Å²) in [6.45, 7) is 5.35. The summed E-state index contributed by atoms with van der Waals surface area (Å²) in [5.41, 5.74) is 6.62. The van der Waals surface area contributed by atoms with Crippen molar-refractivity contribution in [1.29, 1.82) is 0 Å². The third-order valence-corrected chi connectivity index (χ3v) is 5.59. The van der Waals surface area contributed by atoms with Crippen LogP contribution in [0.2, 0.25) is 0 Å². The molecule has 1 unspecified atom stereocenters. The minimum absolute atomic E-state index is 0.398. The molecule has 112 valence electrons. The number of Topliss-reactive ketones (excluding diaryl/α,β-unsaturated/α-hetero) is 1. The smallest absolute Gasteiger partial charge is 0.164 e. The number of carbonyl (C=O) groups is 1. The number of ketones is 1. The van der Waals surface area contributed by atoms with E-state index >= 15 is 0 Å². The number of hydrogen-bond acceptors (Lipinski definition) is 2. The van der Waals surface area contributed by atoms with E-state index in [9.17, 15) is 4.79 Å². The van der Waals surface area contributed by atoms with Crippen molar-refractivity contribution in [2.45, 2.75) is 64.7 Å². The zero-order chi connectivity index (χ0) is 14.6. The normalized spacial score (nSPS) is 23.6. The molecule has 4 rings (SSSR count). The lowest BCUT2D eigenvalue weighted by Crippen LogP contribution is -2.19. The van der Waals surface area contributed by atoms with Gasteiger partial charge in [-0.1, -0.05) is 13.8 Å². The molecule has 0 amide bonds. The van der Waals surface area contributed by atoms with Crippen LogP contribution in [0.25, 0.3) is 0 Å². The summed E-state index contributed by atoms with van der Waals surface area (Å²) in [6, 6.07) is 0. The molecule has 1 aromatic rings. The second-order valence-corrected chi connectivity index (χ2v) is 7.19. The largest absolute Gasteiger partial charge is 0.493 e. The number of fused-ring (bicyclic) bond motifs is 6. The fourth-order valence-corrected chi connectivity index (χ4v) is 4.60. The Morgan fingerprint density at radius 3 is 2.48 bits per heavy atom. The Labute approximate surface area is 126 Å². The molecule has 1 atom stereocenters. The van der Waals surface area contributed by atoms with Crippen molar-refractivity contribution in [1.82, 2.24) is 0 Å². The van der Waals surface area contributed by atoms with Gasteiger partial charge < -0.3 is 4.74 Å². The monoisotopic (exact) mass is 284 g/mol. The Morgan fingerprint density at radius 1 is 1.00 bits per heavy atom. The van der Waals surface area contributed by atoms with Crippen LogP contribution in [0.1, 0.15) is 78.1 Å². The number of ether oxygens (including phenoxy) is 1. The highest BCUT2D eigenvalue weighted by molar-refractivity contribution is 6.04. The lowest BCUT2D eigenvalue weighted by atomic mass is 9.79. The number of rotatable bonds is 1. The van der Waals surface area contributed by atoms with Crippen LogP contribution in [0.5, 0.6) is 5.75 Å². The molecule has 0 N–H and O–H groups in total. The summed E-state index contributed by atoms with van der Waals surface area (Å²) in [7, 11) is 0. The third-order valence-electron chi connectivity index (χ3n) is 5.59. The maximum atomic E-state index is 12.7. The molecule has 3 aliphatic rings. The van der Waals surface area contributed by atoms with Crippen LogP contribution in [0.15, 0.2) is 0 Å². The molecule has 1 heterocycles. The Morgan fingerprint density at radius 2 is 1.71 bits per heavy atom. The van der Waals surface area contributed by atoms with E-state index in [2.05, 4.69) is 13.8 Å². The van der Waals surface area contributed by atoms with Gasteiger partial charge in [-0.25, -0.2) is 0 Å². The molecule has 0 saturated carbocycles. The van der Waals surface area contributed by atoms with Gasteiger partial charge in [0.05, 0.1) is 6.61 Å². The minimum atomic E-state index is 0.398. The summed E-state index contributed by atoms with van der Waals surface area (Å²) in [5.74, 6) is 2.52. The summed E-state index contributed by atoms with van der Waals surface area (Å²) < 4.78 is 6.10. The van der Waals surface area contributed by atoms with Gasteiger partial charge in [0, 0.05) is 12.0 Å². The molecule has 2 heteroatoms. The highest BCUT2D eigenvalue weighted by atomic mass is 16.5. The van der Waals surface area contributed by atoms with Crippen molar-refractivity contribution in [3.05, 3.63) is 27.8 Å². The van der Waals surface area contributed by atoms with Crippen LogP contribution < -0.4 is 4.74 Å². The summed E-state index contributed by atoms with van der Waals surface area (Å²) >= 11 is 0. The van der Waals surface area contributed by atoms with E-state index in [4.69, 9.17) is 4.74 Å². The molecule has 0 aromatic heterocycles. The van der Waals surface area contributed by atoms with Crippen molar-refractivity contribution < 1.29 is 9.53 Å². The molecule has 21 heavy (non-hydrogen) atoms. The molecule has 0 bridgehead atoms. The first-order valence-corrected chi connectivity index (χ1v) is 8.55. The predicted octanol–water partition coefficient (Wildman–Crippen LogP) is 4.22. The fraction of sp³-hybridized carbons (Fsp3) is 0.632. The molecule has 2 nitrogen and oxygen atoms in total. The summed E-state index contributed by atoms with van der Waals surface area (Å²) in [5, 5.41) is 0. The van der Waals surface area contributed by atoms with Crippen LogP contribution in [0.3, 0.4) is 0 Å². The maximum absolute atomic E-state index is 12.7. The van der Waals surface area contributed by atoms with Crippen molar-refractivity contribution in [3.8, 4) is 5.75 Å². The van der Waals surface area contributed by atoms with Gasteiger partial charge in [0.2, 0.25) is 0 Å². The SMILES string of the molecule is CC(C)C1CC(=O)c2c3c(c4c(c21)CCCO4)CCCC3. The molecule has 1 aliphatic heterocycles. The lowest BCUT2D eigenvalue weighted by molar-refractivity contribution is 0.0983. The second-order valence-electron chi connectivity index (χ2n) is 7.19. The zero-order valence-corrected chi connectivity index (χ0v) is 13.1. The lowest BCUT2D eigenvalue weighted by Gasteiger charge is -2.30. The zero-order valence-electron chi connectivity index (χ0n) is 13.1. The van der Waals surface area contributed by atoms with E-state index in [0.717, 1.165) is 44.3 Å². The molecular formula is C19H24O2. The van der Waals surface area contributed by atoms with E-state index in [1.54, 1.807) is 0 Å². The minimum Gasteiger partial charge on any atom is -0.493 e. The molecule has 2 aliphatic carbocycles. The van der Waals surface area contributed by atoms with Crippen molar-refractivity contribution >= 4 is 5.78 Å². The predicted molar refractivity (Wildman–Crippen MR) is 83.4 cm³/mol. The Balaban J connectivity index is 2.02. The van der Waals surface area contributed by atoms with Gasteiger partial charge in [-0.05, 0) is 72.6 Å². The molecule has 0 spiro atoms. The van der Waals surface area contributed by atoms with Crippen LogP contribution in [0.4, 0.5) is 0 Å². The van der Waals surface area contributed by atoms with Gasteiger partial charge in [-0.15, -0.1) is 0 Å². The van der Waals surface area contributed by atoms with Gasteiger partial charge in [-0.3, -0.25) is 4.79 Å².